The van der Waals surface area contributed by atoms with Crippen molar-refractivity contribution < 1.29 is 22.4 Å². The lowest BCUT2D eigenvalue weighted by Gasteiger charge is -2.03. The largest absolute Gasteiger partial charge is 0.455 e. The number of hydrogen-bond acceptors (Lipinski definition) is 7. The van der Waals surface area contributed by atoms with Crippen LogP contribution in [-0.2, 0) is 26.2 Å². The highest BCUT2D eigenvalue weighted by Crippen LogP contribution is 2.17. The number of carbonyl (C=O) groups is 1. The number of nitrogens with one attached hydrogen (secondary N) is 1. The van der Waals surface area contributed by atoms with E-state index in [1.54, 1.807) is 36.4 Å². The van der Waals surface area contributed by atoms with Gasteiger partial charge in [-0.2, -0.15) is 0 Å². The minimum atomic E-state index is -3.77. The van der Waals surface area contributed by atoms with Crippen molar-refractivity contribution in [2.45, 2.75) is 6.61 Å². The Hall–Kier alpha value is -3.30. The van der Waals surface area contributed by atoms with Crippen LogP contribution >= 0.6 is 0 Å². The molecule has 1 heterocycles. The number of nitrogens with zero attached hydrogens (tertiary/aromatic N) is 2. The van der Waals surface area contributed by atoms with E-state index in [-0.39, 0.29) is 12.5 Å². The van der Waals surface area contributed by atoms with E-state index in [0.717, 1.165) is 16.5 Å². The van der Waals surface area contributed by atoms with Gasteiger partial charge in [0.1, 0.15) is 6.54 Å². The maximum atomic E-state index is 11.9. The summed E-state index contributed by atoms with van der Waals surface area (Å²) >= 11 is 0. The monoisotopic (exact) mass is 399 g/mol. The molecule has 144 valence electrons. The van der Waals surface area contributed by atoms with Crippen LogP contribution in [0.15, 0.2) is 70.5 Å². The first-order valence-electron chi connectivity index (χ1n) is 8.28. The smallest absolute Gasteiger partial charge is 0.321 e. The molecular formula is C19H17N3O5S. The summed E-state index contributed by atoms with van der Waals surface area (Å²) in [4.78, 5) is 11.8. The summed E-state index contributed by atoms with van der Waals surface area (Å²) in [6, 6.07) is 18.1. The van der Waals surface area contributed by atoms with Gasteiger partial charge in [-0.3, -0.25) is 4.79 Å². The van der Waals surface area contributed by atoms with E-state index in [1.165, 1.54) is 6.08 Å². The highest BCUT2D eigenvalue weighted by molar-refractivity contribution is 7.92. The van der Waals surface area contributed by atoms with Gasteiger partial charge in [0.15, 0.2) is 6.61 Å². The minimum Gasteiger partial charge on any atom is -0.455 e. The highest BCUT2D eigenvalue weighted by atomic mass is 32.2. The van der Waals surface area contributed by atoms with Crippen molar-refractivity contribution in [1.82, 2.24) is 14.9 Å². The Morgan fingerprint density at radius 2 is 1.71 bits per heavy atom. The van der Waals surface area contributed by atoms with Crippen LogP contribution in [0.1, 0.15) is 11.5 Å². The van der Waals surface area contributed by atoms with Crippen LogP contribution in [0.4, 0.5) is 0 Å². The molecule has 0 aliphatic heterocycles. The lowest BCUT2D eigenvalue weighted by molar-refractivity contribution is -0.144. The number of esters is 1. The molecule has 0 spiro atoms. The Balaban J connectivity index is 1.47. The minimum absolute atomic E-state index is 0.110. The van der Waals surface area contributed by atoms with E-state index in [4.69, 9.17) is 9.15 Å². The van der Waals surface area contributed by atoms with Crippen molar-refractivity contribution in [3.63, 3.8) is 0 Å². The third-order valence-electron chi connectivity index (χ3n) is 3.50. The molecule has 8 nitrogen and oxygen atoms in total. The van der Waals surface area contributed by atoms with Gasteiger partial charge in [0.05, 0.1) is 0 Å². The molecule has 9 heteroatoms. The molecule has 1 aromatic heterocycles. The molecule has 0 saturated heterocycles. The Labute approximate surface area is 161 Å². The van der Waals surface area contributed by atoms with Gasteiger partial charge in [0.2, 0.25) is 15.9 Å². The molecule has 28 heavy (non-hydrogen) atoms. The molecule has 3 rings (SSSR count). The van der Waals surface area contributed by atoms with Crippen LogP contribution in [0, 0.1) is 0 Å². The first kappa shape index (κ1) is 19.5. The maximum absolute atomic E-state index is 11.9. The highest BCUT2D eigenvalue weighted by Gasteiger charge is 2.13. The first-order chi connectivity index (χ1) is 13.5. The van der Waals surface area contributed by atoms with Gasteiger partial charge in [-0.1, -0.05) is 48.5 Å². The van der Waals surface area contributed by atoms with Crippen molar-refractivity contribution in [2.24, 2.45) is 0 Å². The Morgan fingerprint density at radius 1 is 1.04 bits per heavy atom. The number of ether oxygens (including phenoxy) is 1. The average molecular weight is 399 g/mol. The van der Waals surface area contributed by atoms with E-state index in [9.17, 15) is 13.2 Å². The number of sulfonamides is 1. The standard InChI is InChI=1S/C19H17N3O5S/c23-18(13-20-28(24,25)12-11-15-7-3-1-4-8-15)26-14-17-21-22-19(27-17)16-9-5-2-6-10-16/h1-12,20H,13-14H2/b12-11+. The fourth-order valence-corrected chi connectivity index (χ4v) is 2.89. The van der Waals surface area contributed by atoms with Crippen molar-refractivity contribution in [3.05, 3.63) is 77.5 Å². The van der Waals surface area contributed by atoms with Gasteiger partial charge < -0.3 is 9.15 Å². The van der Waals surface area contributed by atoms with Crippen LogP contribution in [0.25, 0.3) is 17.5 Å². The van der Waals surface area contributed by atoms with Crippen LogP contribution in [0.2, 0.25) is 0 Å². The number of rotatable bonds is 8. The van der Waals surface area contributed by atoms with Crippen molar-refractivity contribution in [3.8, 4) is 11.5 Å². The SMILES string of the molecule is O=C(CNS(=O)(=O)/C=C/c1ccccc1)OCc1nnc(-c2ccccc2)o1. The molecule has 3 aromatic rings. The Kier molecular flexibility index (Phi) is 6.30. The van der Waals surface area contributed by atoms with Gasteiger partial charge in [-0.15, -0.1) is 10.2 Å². The fourth-order valence-electron chi connectivity index (χ4n) is 2.14. The summed E-state index contributed by atoms with van der Waals surface area (Å²) < 4.78 is 36.3. The van der Waals surface area contributed by atoms with E-state index in [2.05, 4.69) is 14.9 Å². The summed E-state index contributed by atoms with van der Waals surface area (Å²) in [5.74, 6) is -0.353. The zero-order chi connectivity index (χ0) is 19.8. The lowest BCUT2D eigenvalue weighted by Crippen LogP contribution is -2.29. The summed E-state index contributed by atoms with van der Waals surface area (Å²) in [5, 5.41) is 8.65. The second-order valence-corrected chi connectivity index (χ2v) is 7.26. The summed E-state index contributed by atoms with van der Waals surface area (Å²) in [7, 11) is -3.77. The molecular weight excluding hydrogens is 382 g/mol. The molecule has 2 aromatic carbocycles. The molecule has 0 atom stereocenters. The molecule has 0 aliphatic rings. The molecule has 0 radical (unpaired) electrons. The van der Waals surface area contributed by atoms with E-state index in [0.29, 0.717) is 5.89 Å². The molecule has 0 bridgehead atoms. The van der Waals surface area contributed by atoms with Gasteiger partial charge in [0.25, 0.3) is 5.89 Å². The van der Waals surface area contributed by atoms with E-state index >= 15 is 0 Å². The molecule has 0 fully saturated rings. The quantitative estimate of drug-likeness (QED) is 0.579. The average Bonchev–Trinajstić information content (AvgIpc) is 3.20. The van der Waals surface area contributed by atoms with Crippen molar-refractivity contribution in [1.29, 1.82) is 0 Å². The number of hydrogen-bond donors (Lipinski definition) is 1. The van der Waals surface area contributed by atoms with Gasteiger partial charge in [-0.05, 0) is 23.8 Å². The normalized spacial score (nSPS) is 11.6. The van der Waals surface area contributed by atoms with E-state index in [1.807, 2.05) is 24.3 Å². The lowest BCUT2D eigenvalue weighted by atomic mass is 10.2. The van der Waals surface area contributed by atoms with E-state index < -0.39 is 22.5 Å². The Morgan fingerprint density at radius 3 is 2.43 bits per heavy atom. The first-order valence-corrected chi connectivity index (χ1v) is 9.83. The number of carbonyl (C=O) groups excluding carboxylic acids is 1. The van der Waals surface area contributed by atoms with Gasteiger partial charge in [-0.25, -0.2) is 13.1 Å². The predicted octanol–water partition coefficient (Wildman–Crippen LogP) is 2.37. The third-order valence-corrected chi connectivity index (χ3v) is 4.54. The van der Waals surface area contributed by atoms with Crippen LogP contribution < -0.4 is 4.72 Å². The third kappa shape index (κ3) is 5.86. The van der Waals surface area contributed by atoms with Gasteiger partial charge in [0, 0.05) is 11.0 Å². The van der Waals surface area contributed by atoms with Gasteiger partial charge >= 0.3 is 5.97 Å². The number of aromatic nitrogens is 2. The fraction of sp³-hybridized carbons (Fsp3) is 0.105. The topological polar surface area (TPSA) is 111 Å². The summed E-state index contributed by atoms with van der Waals surface area (Å²) in [6.07, 6.45) is 1.43. The second-order valence-electron chi connectivity index (χ2n) is 5.61. The maximum Gasteiger partial charge on any atom is 0.321 e. The summed E-state index contributed by atoms with van der Waals surface area (Å²) in [6.45, 7) is -0.763. The summed E-state index contributed by atoms with van der Waals surface area (Å²) in [5.41, 5.74) is 1.46. The van der Waals surface area contributed by atoms with Crippen molar-refractivity contribution in [2.75, 3.05) is 6.54 Å². The van der Waals surface area contributed by atoms with Crippen LogP contribution in [-0.4, -0.2) is 31.1 Å². The second kappa shape index (κ2) is 9.07. The molecule has 0 unspecified atom stereocenters. The zero-order valence-electron chi connectivity index (χ0n) is 14.7. The molecule has 0 saturated carbocycles. The Bertz CT molecular complexity index is 1050. The number of benzene rings is 2. The zero-order valence-corrected chi connectivity index (χ0v) is 15.5. The van der Waals surface area contributed by atoms with Crippen molar-refractivity contribution >= 4 is 22.1 Å². The molecule has 0 aliphatic carbocycles. The predicted molar refractivity (Wildman–Crippen MR) is 102 cm³/mol. The van der Waals surface area contributed by atoms with Crippen LogP contribution in [0.3, 0.4) is 0 Å². The van der Waals surface area contributed by atoms with Crippen LogP contribution in [0.5, 0.6) is 0 Å². The molecule has 0 amide bonds. The molecule has 1 N–H and O–H groups in total.